The van der Waals surface area contributed by atoms with Crippen LogP contribution in [-0.2, 0) is 64.5 Å². The van der Waals surface area contributed by atoms with Crippen LogP contribution in [0.4, 0.5) is 0 Å². The Kier molecular flexibility index (Phi) is 31.8. The standard InChI is InChI=1S/C80H108N16O8/c1-61(69-17-9-5-10-18-69)85-77(101)57-93-41-33-89-35-43-94(58-78(102)86-62(2)70-19-11-6-12-20-70)44-36-90(34-42-93)54-74(98)82-50-66-27-31-68(32-28-66)52-84-76(100)56-92-38-46-95(59-79(103)87-63(3)71-21-13-7-14-22-71)45-37-91(55-75(99)83-51-67-29-25-65(26-30-67)49-81-73(97)53-89)39-47-96(48-40-92)60-80(104)88-64(4)72-23-15-8-16-24-72/h5-32,61-64H,33-60H2,1-4H3,(H,81,97)(H,82,98)(H,83,99)(H,84,100)(H,85,101)(H,86,102)(H,87,103)(H,88,104). The minimum absolute atomic E-state index is 0.0598. The molecule has 2 saturated heterocycles. The van der Waals surface area contributed by atoms with Gasteiger partial charge in [-0.05, 0) is 72.2 Å². The van der Waals surface area contributed by atoms with Crippen molar-refractivity contribution in [3.8, 4) is 0 Å². The molecule has 0 aromatic heterocycles. The van der Waals surface area contributed by atoms with Crippen LogP contribution in [0.5, 0.6) is 0 Å². The molecule has 556 valence electrons. The fourth-order valence-corrected chi connectivity index (χ4v) is 13.1. The van der Waals surface area contributed by atoms with E-state index in [4.69, 9.17) is 0 Å². The van der Waals surface area contributed by atoms with Gasteiger partial charge in [0.25, 0.3) is 0 Å². The van der Waals surface area contributed by atoms with Gasteiger partial charge in [-0.15, -0.1) is 0 Å². The van der Waals surface area contributed by atoms with E-state index in [2.05, 4.69) is 81.7 Å². The van der Waals surface area contributed by atoms with E-state index in [0.717, 1.165) is 44.5 Å². The number of benzene rings is 6. The third kappa shape index (κ3) is 28.1. The van der Waals surface area contributed by atoms with E-state index < -0.39 is 0 Å². The Morgan fingerprint density at radius 3 is 0.625 bits per heavy atom. The summed E-state index contributed by atoms with van der Waals surface area (Å²) in [4.78, 5) is 129. The highest BCUT2D eigenvalue weighted by atomic mass is 16.2. The minimum Gasteiger partial charge on any atom is -0.351 e. The number of nitrogens with one attached hydrogen (secondary N) is 8. The summed E-state index contributed by atoms with van der Waals surface area (Å²) in [5, 5.41) is 25.2. The molecule has 6 aromatic carbocycles. The van der Waals surface area contributed by atoms with Gasteiger partial charge in [0.1, 0.15) is 0 Å². The van der Waals surface area contributed by atoms with Gasteiger partial charge in [0, 0.05) is 131 Å². The van der Waals surface area contributed by atoms with Crippen molar-refractivity contribution < 1.29 is 38.4 Å². The van der Waals surface area contributed by atoms with Gasteiger partial charge in [-0.2, -0.15) is 0 Å². The van der Waals surface area contributed by atoms with Gasteiger partial charge >= 0.3 is 0 Å². The van der Waals surface area contributed by atoms with E-state index in [9.17, 15) is 38.4 Å². The molecule has 8 amide bonds. The van der Waals surface area contributed by atoms with Crippen LogP contribution >= 0.6 is 0 Å². The zero-order chi connectivity index (χ0) is 73.4. The van der Waals surface area contributed by atoms with Crippen molar-refractivity contribution in [1.82, 2.24) is 81.7 Å². The molecule has 4 atom stereocenters. The summed E-state index contributed by atoms with van der Waals surface area (Å²) in [6.45, 7) is 16.4. The highest BCUT2D eigenvalue weighted by molar-refractivity contribution is 5.81. The Labute approximate surface area is 614 Å². The Morgan fingerprint density at radius 1 is 0.279 bits per heavy atom. The van der Waals surface area contributed by atoms with Crippen LogP contribution in [0.3, 0.4) is 0 Å². The maximum absolute atomic E-state index is 14.1. The Hall–Kier alpha value is -9.24. The molecule has 104 heavy (non-hydrogen) atoms. The summed E-state index contributed by atoms with van der Waals surface area (Å²) in [6.07, 6.45) is 0. The minimum atomic E-state index is -0.232. The molecule has 10 heterocycles. The Balaban J connectivity index is 0.940. The topological polar surface area (TPSA) is 259 Å². The maximum atomic E-state index is 14.1. The molecule has 6 aromatic rings. The van der Waals surface area contributed by atoms with Crippen molar-refractivity contribution in [2.45, 2.75) is 78.0 Å². The molecule has 24 heteroatoms. The predicted octanol–water partition coefficient (Wildman–Crippen LogP) is 3.82. The normalized spacial score (nSPS) is 21.1. The van der Waals surface area contributed by atoms with E-state index in [1.165, 1.54) is 0 Å². The zero-order valence-electron chi connectivity index (χ0n) is 61.1. The Bertz CT molecular complexity index is 3150. The Morgan fingerprint density at radius 2 is 0.452 bits per heavy atom. The van der Waals surface area contributed by atoms with Crippen molar-refractivity contribution in [1.29, 1.82) is 0 Å². The number of carbonyl (C=O) groups is 8. The number of rotatable bonds is 16. The lowest BCUT2D eigenvalue weighted by atomic mass is 10.1. The van der Waals surface area contributed by atoms with E-state index in [1.807, 2.05) is 198 Å². The van der Waals surface area contributed by atoms with E-state index in [1.54, 1.807) is 0 Å². The lowest BCUT2D eigenvalue weighted by molar-refractivity contribution is -0.125. The molecule has 8 N–H and O–H groups in total. The van der Waals surface area contributed by atoms with Gasteiger partial charge in [0.15, 0.2) is 0 Å². The highest BCUT2D eigenvalue weighted by Crippen LogP contribution is 2.17. The summed E-state index contributed by atoms with van der Waals surface area (Å²) >= 11 is 0. The van der Waals surface area contributed by atoms with E-state index in [0.29, 0.717) is 105 Å². The molecule has 0 saturated carbocycles. The zero-order valence-corrected chi connectivity index (χ0v) is 61.1. The fraction of sp³-hybridized carbons (Fsp3) is 0.450. The van der Waals surface area contributed by atoms with Crippen LogP contribution in [-0.4, -0.2) is 244 Å². The van der Waals surface area contributed by atoms with Crippen molar-refractivity contribution in [2.75, 3.05) is 157 Å². The van der Waals surface area contributed by atoms with Crippen LogP contribution in [0.2, 0.25) is 0 Å². The van der Waals surface area contributed by atoms with Crippen molar-refractivity contribution in [2.24, 2.45) is 0 Å². The van der Waals surface area contributed by atoms with Crippen LogP contribution in [0.15, 0.2) is 170 Å². The van der Waals surface area contributed by atoms with Gasteiger partial charge in [0.2, 0.25) is 47.3 Å². The SMILES string of the molecule is CC(NC(=O)CN1CCN2CCN(CC(=O)NC(C)c3ccccc3)CCN(CC1)CC(=O)NCc1ccc(cc1)CNC(=O)CN1CCN(CC(=O)NC(C)c3ccccc3)CCN(CCN(CC(=O)NC(C)c3ccccc3)CC1)CC(=O)NCc1ccc(cc1)CNC(=O)C2)c1ccccc1. The van der Waals surface area contributed by atoms with Gasteiger partial charge in [0.05, 0.1) is 76.5 Å². The number of nitrogens with zero attached hydrogens (tertiary/aromatic N) is 8. The first-order valence-corrected chi connectivity index (χ1v) is 36.8. The molecule has 24 nitrogen and oxygen atoms in total. The van der Waals surface area contributed by atoms with E-state index >= 15 is 0 Å². The smallest absolute Gasteiger partial charge is 0.234 e. The van der Waals surface area contributed by atoms with Gasteiger partial charge in [-0.1, -0.05) is 170 Å². The molecule has 4 unspecified atom stereocenters. The lowest BCUT2D eigenvalue weighted by Gasteiger charge is -2.34. The van der Waals surface area contributed by atoms with Crippen molar-refractivity contribution >= 4 is 47.3 Å². The average Bonchev–Trinajstić information content (AvgIpc) is 0.892. The van der Waals surface area contributed by atoms with Crippen molar-refractivity contribution in [3.63, 3.8) is 0 Å². The molecule has 0 spiro atoms. The number of hydrogen-bond donors (Lipinski definition) is 8. The third-order valence-corrected chi connectivity index (χ3v) is 19.5. The monoisotopic (exact) mass is 1420 g/mol. The maximum Gasteiger partial charge on any atom is 0.234 e. The van der Waals surface area contributed by atoms with Crippen molar-refractivity contribution in [3.05, 3.63) is 214 Å². The van der Waals surface area contributed by atoms with E-state index in [-0.39, 0.29) is 150 Å². The van der Waals surface area contributed by atoms with Crippen LogP contribution in [0.25, 0.3) is 0 Å². The molecule has 0 aliphatic carbocycles. The summed E-state index contributed by atoms with van der Waals surface area (Å²) in [6, 6.07) is 53.7. The largest absolute Gasteiger partial charge is 0.351 e. The number of amides is 8. The molecule has 10 aliphatic heterocycles. The summed E-state index contributed by atoms with van der Waals surface area (Å²) in [7, 11) is 0. The molecule has 8 bridgehead atoms. The van der Waals surface area contributed by atoms with Gasteiger partial charge in [-0.3, -0.25) is 77.6 Å². The molecule has 16 rings (SSSR count). The van der Waals surface area contributed by atoms with Crippen LogP contribution in [0.1, 0.15) is 96.4 Å². The molecular formula is C80H108N16O8. The second-order valence-corrected chi connectivity index (χ2v) is 27.7. The summed E-state index contributed by atoms with van der Waals surface area (Å²) in [5.74, 6) is -1.36. The fourth-order valence-electron chi connectivity index (χ4n) is 13.1. The predicted molar refractivity (Wildman–Crippen MR) is 404 cm³/mol. The first-order valence-electron chi connectivity index (χ1n) is 36.8. The molecular weight excluding hydrogens is 1310 g/mol. The number of carbonyl (C=O) groups excluding carboxylic acids is 8. The summed E-state index contributed by atoms with van der Waals surface area (Å²) in [5.41, 5.74) is 7.39. The first kappa shape index (κ1) is 78.9. The number of hydrogen-bond acceptors (Lipinski definition) is 16. The van der Waals surface area contributed by atoms with Gasteiger partial charge in [-0.25, -0.2) is 0 Å². The first-order chi connectivity index (χ1) is 50.4. The second kappa shape index (κ2) is 41.9. The quantitative estimate of drug-likeness (QED) is 0.0686. The molecule has 0 radical (unpaired) electrons. The molecule has 2 fully saturated rings. The van der Waals surface area contributed by atoms with Crippen LogP contribution < -0.4 is 42.5 Å². The highest BCUT2D eigenvalue weighted by Gasteiger charge is 2.27. The second-order valence-electron chi connectivity index (χ2n) is 27.7. The average molecular weight is 1420 g/mol. The molecule has 10 aliphatic rings. The third-order valence-electron chi connectivity index (χ3n) is 19.5. The lowest BCUT2D eigenvalue weighted by Crippen LogP contribution is -2.51. The van der Waals surface area contributed by atoms with Gasteiger partial charge < -0.3 is 42.5 Å². The summed E-state index contributed by atoms with van der Waals surface area (Å²) < 4.78 is 0. The van der Waals surface area contributed by atoms with Crippen LogP contribution in [0, 0.1) is 0 Å².